The van der Waals surface area contributed by atoms with Crippen molar-refractivity contribution >= 4 is 36.7 Å². The third kappa shape index (κ3) is 2.53. The van der Waals surface area contributed by atoms with E-state index in [1.807, 2.05) is 0 Å². The molecule has 0 radical (unpaired) electrons. The Morgan fingerprint density at radius 2 is 1.57 bits per heavy atom. The summed E-state index contributed by atoms with van der Waals surface area (Å²) < 4.78 is 63.1. The van der Waals surface area contributed by atoms with Gasteiger partial charge in [0.15, 0.2) is 0 Å². The van der Waals surface area contributed by atoms with Crippen LogP contribution in [0.15, 0.2) is 28.0 Å². The predicted octanol–water partition coefficient (Wildman–Crippen LogP) is 0.929. The lowest BCUT2D eigenvalue weighted by Crippen LogP contribution is -2.07. The van der Waals surface area contributed by atoms with Gasteiger partial charge in [-0.25, -0.2) is 0 Å². The highest BCUT2D eigenvalue weighted by molar-refractivity contribution is 7.86. The van der Waals surface area contributed by atoms with E-state index in [0.29, 0.717) is 0 Å². The zero-order valence-electron chi connectivity index (χ0n) is 10.6. The number of hydrogen-bond donors (Lipinski definition) is 4. The molecule has 114 valence electrons. The second-order valence-corrected chi connectivity index (χ2v) is 7.15. The Balaban J connectivity index is 3.06. The molecular weight excluding hydrogens is 322 g/mol. The Kier molecular flexibility index (Phi) is 3.37. The van der Waals surface area contributed by atoms with Gasteiger partial charge in [-0.05, 0) is 36.1 Å². The van der Waals surface area contributed by atoms with E-state index in [2.05, 4.69) is 0 Å². The molecule has 0 atom stereocenters. The Morgan fingerprint density at radius 3 is 2.05 bits per heavy atom. The van der Waals surface area contributed by atoms with E-state index in [-0.39, 0.29) is 16.3 Å². The van der Waals surface area contributed by atoms with E-state index < -0.39 is 41.5 Å². The molecule has 0 aliphatic rings. The highest BCUT2D eigenvalue weighted by atomic mass is 32.2. The van der Waals surface area contributed by atoms with Crippen molar-refractivity contribution in [2.75, 3.05) is 5.73 Å². The molecule has 0 unspecified atom stereocenters. The van der Waals surface area contributed by atoms with Crippen molar-refractivity contribution in [1.82, 2.24) is 0 Å². The van der Waals surface area contributed by atoms with Crippen LogP contribution in [-0.2, 0) is 20.2 Å². The van der Waals surface area contributed by atoms with Gasteiger partial charge in [0.2, 0.25) is 0 Å². The summed E-state index contributed by atoms with van der Waals surface area (Å²) in [5.41, 5.74) is 4.92. The van der Waals surface area contributed by atoms with Crippen LogP contribution in [0.25, 0.3) is 10.8 Å². The first-order chi connectivity index (χ1) is 9.44. The van der Waals surface area contributed by atoms with E-state index in [4.69, 9.17) is 10.3 Å². The number of phenols is 1. The van der Waals surface area contributed by atoms with Crippen molar-refractivity contribution in [1.29, 1.82) is 0 Å². The van der Waals surface area contributed by atoms with Gasteiger partial charge in [-0.15, -0.1) is 0 Å². The Bertz CT molecular complexity index is 962. The molecule has 2 rings (SSSR count). The molecule has 2 aromatic rings. The molecule has 8 nitrogen and oxygen atoms in total. The van der Waals surface area contributed by atoms with Crippen LogP contribution in [0.3, 0.4) is 0 Å². The van der Waals surface area contributed by atoms with Crippen molar-refractivity contribution in [2.24, 2.45) is 0 Å². The van der Waals surface area contributed by atoms with Crippen molar-refractivity contribution in [2.45, 2.75) is 16.7 Å². The van der Waals surface area contributed by atoms with Gasteiger partial charge in [0.1, 0.15) is 10.6 Å². The number of benzene rings is 2. The first-order valence-corrected chi connectivity index (χ1v) is 8.32. The van der Waals surface area contributed by atoms with E-state index in [1.165, 1.54) is 13.0 Å². The fraction of sp³-hybridized carbons (Fsp3) is 0.0909. The number of aryl methyl sites for hydroxylation is 1. The minimum Gasteiger partial charge on any atom is -0.505 e. The number of nitrogen functional groups attached to an aromatic ring is 1. The average Bonchev–Trinajstić information content (AvgIpc) is 2.33. The molecule has 0 aromatic heterocycles. The molecule has 2 aromatic carbocycles. The number of rotatable bonds is 2. The van der Waals surface area contributed by atoms with Crippen molar-refractivity contribution in [3.05, 3.63) is 23.8 Å². The second kappa shape index (κ2) is 4.56. The third-order valence-corrected chi connectivity index (χ3v) is 4.94. The summed E-state index contributed by atoms with van der Waals surface area (Å²) in [6, 6.07) is 3.18. The molecule has 0 aliphatic carbocycles. The molecule has 0 saturated carbocycles. The van der Waals surface area contributed by atoms with E-state index in [1.54, 1.807) is 0 Å². The molecule has 0 bridgehead atoms. The smallest absolute Gasteiger partial charge is 0.297 e. The Morgan fingerprint density at radius 1 is 1.00 bits per heavy atom. The molecule has 0 heterocycles. The number of hydrogen-bond acceptors (Lipinski definition) is 6. The number of phenolic OH excluding ortho intramolecular Hbond substituents is 1. The fourth-order valence-corrected chi connectivity index (χ4v) is 3.49. The van der Waals surface area contributed by atoms with Crippen LogP contribution >= 0.6 is 0 Å². The van der Waals surface area contributed by atoms with Crippen molar-refractivity contribution < 1.29 is 31.0 Å². The van der Waals surface area contributed by atoms with Crippen LogP contribution in [0.1, 0.15) is 5.56 Å². The summed E-state index contributed by atoms with van der Waals surface area (Å²) in [6.45, 7) is 1.29. The van der Waals surface area contributed by atoms with Gasteiger partial charge in [0.25, 0.3) is 20.2 Å². The quantitative estimate of drug-likeness (QED) is 0.359. The highest BCUT2D eigenvalue weighted by Crippen LogP contribution is 2.40. The summed E-state index contributed by atoms with van der Waals surface area (Å²) >= 11 is 0. The van der Waals surface area contributed by atoms with Crippen LogP contribution in [0.4, 0.5) is 5.69 Å². The van der Waals surface area contributed by atoms with Gasteiger partial charge in [0.05, 0.1) is 10.6 Å². The van der Waals surface area contributed by atoms with Crippen LogP contribution in [0, 0.1) is 6.92 Å². The number of anilines is 1. The predicted molar refractivity (Wildman–Crippen MR) is 74.4 cm³/mol. The zero-order chi connectivity index (χ0) is 16.2. The lowest BCUT2D eigenvalue weighted by molar-refractivity contribution is 0.473. The standard InChI is InChI=1S/C11H11NO7S2/c1-5-8-4-6(20(14,15)16)2-3-7(8)10(13)9(12)11(5)21(17,18)19/h2-4,13H,12H2,1H3,(H,14,15,16)(H,17,18,19). The van der Waals surface area contributed by atoms with Gasteiger partial charge in [0, 0.05) is 5.39 Å². The van der Waals surface area contributed by atoms with Crippen LogP contribution in [-0.4, -0.2) is 31.0 Å². The molecule has 0 fully saturated rings. The van der Waals surface area contributed by atoms with Crippen LogP contribution in [0.5, 0.6) is 5.75 Å². The van der Waals surface area contributed by atoms with E-state index in [0.717, 1.165) is 12.1 Å². The summed E-state index contributed by atoms with van der Waals surface area (Å²) in [5, 5.41) is 10.0. The van der Waals surface area contributed by atoms with E-state index in [9.17, 15) is 26.5 Å². The third-order valence-electron chi connectivity index (χ3n) is 3.05. The van der Waals surface area contributed by atoms with Gasteiger partial charge >= 0.3 is 0 Å². The summed E-state index contributed by atoms with van der Waals surface area (Å²) in [5.74, 6) is -0.606. The maximum atomic E-state index is 11.3. The molecule has 5 N–H and O–H groups in total. The first-order valence-electron chi connectivity index (χ1n) is 5.44. The monoisotopic (exact) mass is 333 g/mol. The molecule has 0 spiro atoms. The van der Waals surface area contributed by atoms with Crippen LogP contribution < -0.4 is 5.73 Å². The summed E-state index contributed by atoms with van der Waals surface area (Å²) in [4.78, 5) is -1.19. The lowest BCUT2D eigenvalue weighted by atomic mass is 10.0. The average molecular weight is 333 g/mol. The van der Waals surface area contributed by atoms with Crippen LogP contribution in [0.2, 0.25) is 0 Å². The Labute approximate surface area is 120 Å². The minimum atomic E-state index is -4.72. The molecule has 0 saturated heterocycles. The van der Waals surface area contributed by atoms with Crippen molar-refractivity contribution in [3.8, 4) is 5.75 Å². The summed E-state index contributed by atoms with van der Waals surface area (Å²) in [7, 11) is -9.23. The lowest BCUT2D eigenvalue weighted by Gasteiger charge is -2.13. The van der Waals surface area contributed by atoms with Gasteiger partial charge in [-0.1, -0.05) is 0 Å². The first kappa shape index (κ1) is 15.5. The van der Waals surface area contributed by atoms with E-state index >= 15 is 0 Å². The second-order valence-electron chi connectivity index (χ2n) is 4.37. The molecule has 10 heteroatoms. The fourth-order valence-electron chi connectivity index (χ4n) is 2.11. The summed E-state index contributed by atoms with van der Waals surface area (Å²) in [6.07, 6.45) is 0. The van der Waals surface area contributed by atoms with Gasteiger partial charge in [-0.3, -0.25) is 9.11 Å². The normalized spacial score (nSPS) is 12.7. The molecule has 21 heavy (non-hydrogen) atoms. The highest BCUT2D eigenvalue weighted by Gasteiger charge is 2.24. The maximum Gasteiger partial charge on any atom is 0.297 e. The van der Waals surface area contributed by atoms with Gasteiger partial charge < -0.3 is 10.8 Å². The number of aromatic hydroxyl groups is 1. The topological polar surface area (TPSA) is 155 Å². The molecular formula is C11H11NO7S2. The SMILES string of the molecule is Cc1c(S(=O)(=O)O)c(N)c(O)c2ccc(S(=O)(=O)O)cc12. The molecule has 0 aliphatic heterocycles. The zero-order valence-corrected chi connectivity index (χ0v) is 12.2. The number of fused-ring (bicyclic) bond motifs is 1. The van der Waals surface area contributed by atoms with Gasteiger partial charge in [-0.2, -0.15) is 16.8 Å². The largest absolute Gasteiger partial charge is 0.505 e. The van der Waals surface area contributed by atoms with Crippen molar-refractivity contribution in [3.63, 3.8) is 0 Å². The number of nitrogens with two attached hydrogens (primary N) is 1. The maximum absolute atomic E-state index is 11.3. The Hall–Kier alpha value is -1.88. The minimum absolute atomic E-state index is 0.0180. The molecule has 0 amide bonds.